The number of ether oxygens (including phenoxy) is 1. The Morgan fingerprint density at radius 1 is 1.29 bits per heavy atom. The number of rotatable bonds is 1. The molecular weight excluding hydrogens is 330 g/mol. The third kappa shape index (κ3) is 4.38. The summed E-state index contributed by atoms with van der Waals surface area (Å²) in [6.45, 7) is 10.6. The Bertz CT molecular complexity index is 642. The van der Waals surface area contributed by atoms with Crippen LogP contribution in [-0.2, 0) is 4.74 Å². The number of halogens is 1. The van der Waals surface area contributed by atoms with Gasteiger partial charge >= 0.3 is 6.09 Å². The van der Waals surface area contributed by atoms with Gasteiger partial charge in [0.05, 0.1) is 11.3 Å². The molecule has 24 heavy (non-hydrogen) atoms. The molecule has 0 aliphatic carbocycles. The van der Waals surface area contributed by atoms with Crippen LogP contribution in [0.1, 0.15) is 43.7 Å². The molecule has 1 unspecified atom stereocenters. The summed E-state index contributed by atoms with van der Waals surface area (Å²) in [5, 5.41) is 0.368. The van der Waals surface area contributed by atoms with Crippen molar-refractivity contribution in [1.82, 2.24) is 14.8 Å². The molecule has 7 heteroatoms. The second kappa shape index (κ2) is 6.97. The van der Waals surface area contributed by atoms with Gasteiger partial charge in [0.2, 0.25) is 0 Å². The van der Waals surface area contributed by atoms with Crippen molar-refractivity contribution >= 4 is 23.6 Å². The molecule has 1 atom stereocenters. The molecule has 2 heterocycles. The maximum atomic E-state index is 12.7. The fourth-order valence-corrected chi connectivity index (χ4v) is 2.85. The van der Waals surface area contributed by atoms with Crippen LogP contribution in [0.3, 0.4) is 0 Å². The van der Waals surface area contributed by atoms with Gasteiger partial charge < -0.3 is 14.5 Å². The van der Waals surface area contributed by atoms with Crippen LogP contribution in [0.15, 0.2) is 12.1 Å². The number of piperazine rings is 1. The number of carbonyl (C=O) groups excluding carboxylic acids is 2. The molecule has 0 spiro atoms. The highest BCUT2D eigenvalue weighted by atomic mass is 35.5. The molecule has 0 N–H and O–H groups in total. The largest absolute Gasteiger partial charge is 0.444 e. The zero-order valence-electron chi connectivity index (χ0n) is 14.8. The lowest BCUT2D eigenvalue weighted by Crippen LogP contribution is -2.56. The van der Waals surface area contributed by atoms with Gasteiger partial charge in [-0.1, -0.05) is 11.6 Å². The Morgan fingerprint density at radius 3 is 2.50 bits per heavy atom. The topological polar surface area (TPSA) is 62.7 Å². The summed E-state index contributed by atoms with van der Waals surface area (Å²) >= 11 is 5.84. The number of aryl methyl sites for hydroxylation is 1. The summed E-state index contributed by atoms with van der Waals surface area (Å²) in [6.07, 6.45) is -0.341. The fourth-order valence-electron chi connectivity index (χ4n) is 2.66. The van der Waals surface area contributed by atoms with Crippen LogP contribution in [0, 0.1) is 6.92 Å². The van der Waals surface area contributed by atoms with Gasteiger partial charge in [-0.3, -0.25) is 4.79 Å². The van der Waals surface area contributed by atoms with Crippen LogP contribution in [0.2, 0.25) is 5.15 Å². The fraction of sp³-hybridized carbons (Fsp3) is 0.588. The smallest absolute Gasteiger partial charge is 0.410 e. The second-order valence-corrected chi connectivity index (χ2v) is 7.43. The molecule has 1 saturated heterocycles. The monoisotopic (exact) mass is 353 g/mol. The molecule has 1 fully saturated rings. The quantitative estimate of drug-likeness (QED) is 0.728. The summed E-state index contributed by atoms with van der Waals surface area (Å²) in [4.78, 5) is 32.5. The summed E-state index contributed by atoms with van der Waals surface area (Å²) in [7, 11) is 0. The summed E-state index contributed by atoms with van der Waals surface area (Å²) in [5.74, 6) is -0.0904. The van der Waals surface area contributed by atoms with E-state index in [0.717, 1.165) is 0 Å². The van der Waals surface area contributed by atoms with Crippen molar-refractivity contribution in [3.8, 4) is 0 Å². The molecule has 1 aromatic heterocycles. The zero-order chi connectivity index (χ0) is 18.1. The standard InChI is InChI=1S/C17H24ClN3O3/c1-11-10-20(8-9-21(11)16(23)24-17(3,4)5)15(22)13-6-7-14(18)19-12(13)2/h6-7,11H,8-10H2,1-5H3. The minimum absolute atomic E-state index is 0.0904. The highest BCUT2D eigenvalue weighted by Gasteiger charge is 2.33. The first-order valence-corrected chi connectivity index (χ1v) is 8.38. The molecule has 2 amide bonds. The maximum Gasteiger partial charge on any atom is 0.410 e. The number of hydrogen-bond acceptors (Lipinski definition) is 4. The highest BCUT2D eigenvalue weighted by Crippen LogP contribution is 2.19. The van der Waals surface area contributed by atoms with Crippen LogP contribution < -0.4 is 0 Å². The molecular formula is C17H24ClN3O3. The predicted molar refractivity (Wildman–Crippen MR) is 92.3 cm³/mol. The minimum Gasteiger partial charge on any atom is -0.444 e. The van der Waals surface area contributed by atoms with Crippen molar-refractivity contribution in [1.29, 1.82) is 0 Å². The van der Waals surface area contributed by atoms with Crippen LogP contribution in [0.25, 0.3) is 0 Å². The van der Waals surface area contributed by atoms with E-state index in [2.05, 4.69) is 4.98 Å². The van der Waals surface area contributed by atoms with Crippen LogP contribution >= 0.6 is 11.6 Å². The van der Waals surface area contributed by atoms with E-state index in [1.54, 1.807) is 28.9 Å². The lowest BCUT2D eigenvalue weighted by molar-refractivity contribution is 0.00196. The molecule has 0 saturated carbocycles. The first-order valence-electron chi connectivity index (χ1n) is 8.00. The van der Waals surface area contributed by atoms with Crippen LogP contribution in [0.4, 0.5) is 4.79 Å². The van der Waals surface area contributed by atoms with Gasteiger partial charge in [-0.05, 0) is 46.8 Å². The SMILES string of the molecule is Cc1nc(Cl)ccc1C(=O)N1CCN(C(=O)OC(C)(C)C)C(C)C1. The molecule has 0 aromatic carbocycles. The molecule has 6 nitrogen and oxygen atoms in total. The van der Waals surface area contributed by atoms with Crippen LogP contribution in [-0.4, -0.2) is 58.1 Å². The van der Waals surface area contributed by atoms with Gasteiger partial charge in [0.25, 0.3) is 5.91 Å². The molecule has 1 aliphatic heterocycles. The van der Waals surface area contributed by atoms with E-state index in [4.69, 9.17) is 16.3 Å². The number of carbonyl (C=O) groups is 2. The van der Waals surface area contributed by atoms with Crippen molar-refractivity contribution in [2.24, 2.45) is 0 Å². The number of hydrogen-bond donors (Lipinski definition) is 0. The van der Waals surface area contributed by atoms with E-state index in [9.17, 15) is 9.59 Å². The first-order chi connectivity index (χ1) is 11.1. The average molecular weight is 354 g/mol. The van der Waals surface area contributed by atoms with Crippen molar-refractivity contribution < 1.29 is 14.3 Å². The highest BCUT2D eigenvalue weighted by molar-refractivity contribution is 6.29. The van der Waals surface area contributed by atoms with Gasteiger partial charge in [0.1, 0.15) is 10.8 Å². The lowest BCUT2D eigenvalue weighted by atomic mass is 10.1. The number of amides is 2. The normalized spacial score (nSPS) is 18.5. The third-order valence-electron chi connectivity index (χ3n) is 3.82. The van der Waals surface area contributed by atoms with Gasteiger partial charge in [-0.2, -0.15) is 0 Å². The van der Waals surface area contributed by atoms with E-state index in [-0.39, 0.29) is 18.0 Å². The summed E-state index contributed by atoms with van der Waals surface area (Å²) in [5.41, 5.74) is 0.614. The second-order valence-electron chi connectivity index (χ2n) is 7.04. The van der Waals surface area contributed by atoms with E-state index < -0.39 is 5.60 Å². The van der Waals surface area contributed by atoms with Crippen molar-refractivity contribution in [2.45, 2.75) is 46.3 Å². The van der Waals surface area contributed by atoms with Gasteiger partial charge in [-0.15, -0.1) is 0 Å². The maximum absolute atomic E-state index is 12.7. The van der Waals surface area contributed by atoms with Gasteiger partial charge in [0, 0.05) is 25.7 Å². The minimum atomic E-state index is -0.532. The van der Waals surface area contributed by atoms with Crippen molar-refractivity contribution in [3.63, 3.8) is 0 Å². The lowest BCUT2D eigenvalue weighted by Gasteiger charge is -2.40. The molecule has 0 radical (unpaired) electrons. The number of pyridine rings is 1. The van der Waals surface area contributed by atoms with E-state index >= 15 is 0 Å². The molecule has 132 valence electrons. The summed E-state index contributed by atoms with van der Waals surface area (Å²) < 4.78 is 5.42. The molecule has 2 rings (SSSR count). The zero-order valence-corrected chi connectivity index (χ0v) is 15.6. The summed E-state index contributed by atoms with van der Waals surface area (Å²) in [6, 6.07) is 3.19. The molecule has 1 aliphatic rings. The average Bonchev–Trinajstić information content (AvgIpc) is 2.44. The Balaban J connectivity index is 2.05. The van der Waals surface area contributed by atoms with Crippen molar-refractivity contribution in [2.75, 3.05) is 19.6 Å². The van der Waals surface area contributed by atoms with Gasteiger partial charge in [-0.25, -0.2) is 9.78 Å². The third-order valence-corrected chi connectivity index (χ3v) is 4.04. The Hall–Kier alpha value is -1.82. The Kier molecular flexibility index (Phi) is 5.38. The van der Waals surface area contributed by atoms with E-state index in [1.807, 2.05) is 27.7 Å². The molecule has 0 bridgehead atoms. The Labute approximate surface area is 147 Å². The van der Waals surface area contributed by atoms with Crippen molar-refractivity contribution in [3.05, 3.63) is 28.5 Å². The van der Waals surface area contributed by atoms with Crippen LogP contribution in [0.5, 0.6) is 0 Å². The Morgan fingerprint density at radius 2 is 1.96 bits per heavy atom. The number of nitrogens with zero attached hydrogens (tertiary/aromatic N) is 3. The first kappa shape index (κ1) is 18.5. The number of aromatic nitrogens is 1. The van der Waals surface area contributed by atoms with E-state index in [1.165, 1.54) is 0 Å². The molecule has 1 aromatic rings. The van der Waals surface area contributed by atoms with E-state index in [0.29, 0.717) is 36.0 Å². The predicted octanol–water partition coefficient (Wildman–Crippen LogP) is 3.12. The van der Waals surface area contributed by atoms with Gasteiger partial charge in [0.15, 0.2) is 0 Å².